The highest BCUT2D eigenvalue weighted by atomic mass is 16.2. The van der Waals surface area contributed by atoms with Gasteiger partial charge in [0.25, 0.3) is 0 Å². The Hall–Kier alpha value is -0.570. The highest BCUT2D eigenvalue weighted by Crippen LogP contribution is 2.28. The second-order valence-electron chi connectivity index (χ2n) is 5.25. The number of nitrogens with two attached hydrogens (primary N) is 1. The van der Waals surface area contributed by atoms with Crippen LogP contribution in [0.3, 0.4) is 0 Å². The van der Waals surface area contributed by atoms with Crippen LogP contribution in [-0.4, -0.2) is 29.9 Å². The van der Waals surface area contributed by atoms with Gasteiger partial charge in [0, 0.05) is 19.0 Å². The molecular weight excluding hydrogens is 200 g/mol. The Morgan fingerprint density at radius 3 is 2.56 bits per heavy atom. The molecule has 1 amide bonds. The lowest BCUT2D eigenvalue weighted by molar-refractivity contribution is -0.132. The van der Waals surface area contributed by atoms with E-state index in [9.17, 15) is 4.79 Å². The summed E-state index contributed by atoms with van der Waals surface area (Å²) in [5, 5.41) is 0. The second-order valence-corrected chi connectivity index (χ2v) is 5.25. The van der Waals surface area contributed by atoms with Gasteiger partial charge in [-0.15, -0.1) is 0 Å². The van der Waals surface area contributed by atoms with Crippen molar-refractivity contribution in [2.24, 2.45) is 11.7 Å². The van der Waals surface area contributed by atoms with E-state index in [0.717, 1.165) is 25.8 Å². The van der Waals surface area contributed by atoms with E-state index in [2.05, 4.69) is 18.7 Å². The summed E-state index contributed by atoms with van der Waals surface area (Å²) in [5.41, 5.74) is 5.44. The minimum Gasteiger partial charge on any atom is -0.340 e. The maximum atomic E-state index is 12.0. The molecule has 1 rings (SSSR count). The van der Waals surface area contributed by atoms with Gasteiger partial charge in [-0.05, 0) is 44.6 Å². The quantitative estimate of drug-likeness (QED) is 0.645. The molecule has 2 N–H and O–H groups in total. The lowest BCUT2D eigenvalue weighted by Gasteiger charge is -2.23. The maximum absolute atomic E-state index is 12.0. The number of unbranched alkanes of at least 4 members (excludes halogenated alkanes) is 1. The van der Waals surface area contributed by atoms with Crippen molar-refractivity contribution in [2.75, 3.05) is 13.1 Å². The number of carbonyl (C=O) groups excluding carboxylic acids is 1. The Balaban J connectivity index is 2.28. The van der Waals surface area contributed by atoms with Crippen molar-refractivity contribution in [1.29, 1.82) is 0 Å². The molecule has 16 heavy (non-hydrogen) atoms. The van der Waals surface area contributed by atoms with E-state index < -0.39 is 0 Å². The van der Waals surface area contributed by atoms with E-state index in [1.165, 1.54) is 12.8 Å². The predicted octanol–water partition coefficient (Wildman–Crippen LogP) is 2.15. The lowest BCUT2D eigenvalue weighted by atomic mass is 10.1. The fraction of sp³-hybridized carbons (Fsp3) is 0.923. The molecule has 0 aromatic rings. The molecule has 3 heteroatoms. The molecule has 0 atom stereocenters. The summed E-state index contributed by atoms with van der Waals surface area (Å²) in [5.74, 6) is 1.02. The summed E-state index contributed by atoms with van der Waals surface area (Å²) >= 11 is 0. The highest BCUT2D eigenvalue weighted by molar-refractivity contribution is 5.76. The Morgan fingerprint density at radius 2 is 2.06 bits per heavy atom. The first-order chi connectivity index (χ1) is 7.65. The van der Waals surface area contributed by atoms with Crippen molar-refractivity contribution in [2.45, 2.75) is 58.4 Å². The third-order valence-electron chi connectivity index (χ3n) is 3.10. The fourth-order valence-electron chi connectivity index (χ4n) is 1.86. The van der Waals surface area contributed by atoms with E-state index in [0.29, 0.717) is 30.8 Å². The summed E-state index contributed by atoms with van der Waals surface area (Å²) in [4.78, 5) is 14.1. The van der Waals surface area contributed by atoms with Crippen LogP contribution in [0.1, 0.15) is 52.4 Å². The van der Waals surface area contributed by atoms with Gasteiger partial charge in [0.05, 0.1) is 0 Å². The molecule has 3 nitrogen and oxygen atoms in total. The number of carbonyl (C=O) groups is 1. The van der Waals surface area contributed by atoms with E-state index in [1.807, 2.05) is 0 Å². The number of hydrogen-bond donors (Lipinski definition) is 1. The fourth-order valence-corrected chi connectivity index (χ4v) is 1.86. The third-order valence-corrected chi connectivity index (χ3v) is 3.10. The predicted molar refractivity (Wildman–Crippen MR) is 67.1 cm³/mol. The van der Waals surface area contributed by atoms with Gasteiger partial charge in [-0.25, -0.2) is 0 Å². The van der Waals surface area contributed by atoms with Gasteiger partial charge in [0.2, 0.25) is 5.91 Å². The number of amides is 1. The number of rotatable bonds is 8. The average molecular weight is 226 g/mol. The molecule has 0 radical (unpaired) electrons. The molecule has 94 valence electrons. The summed E-state index contributed by atoms with van der Waals surface area (Å²) in [7, 11) is 0. The largest absolute Gasteiger partial charge is 0.340 e. The van der Waals surface area contributed by atoms with Gasteiger partial charge in [0.1, 0.15) is 0 Å². The zero-order valence-electron chi connectivity index (χ0n) is 10.7. The molecule has 0 saturated heterocycles. The van der Waals surface area contributed by atoms with Gasteiger partial charge in [-0.1, -0.05) is 13.8 Å². The lowest BCUT2D eigenvalue weighted by Crippen LogP contribution is -2.34. The molecule has 0 bridgehead atoms. The zero-order chi connectivity index (χ0) is 12.0. The van der Waals surface area contributed by atoms with E-state index in [-0.39, 0.29) is 0 Å². The van der Waals surface area contributed by atoms with Crippen LogP contribution in [0.25, 0.3) is 0 Å². The highest BCUT2D eigenvalue weighted by Gasteiger charge is 2.31. The smallest absolute Gasteiger partial charge is 0.222 e. The third kappa shape index (κ3) is 4.97. The molecule has 0 aromatic heterocycles. The van der Waals surface area contributed by atoms with Crippen molar-refractivity contribution >= 4 is 5.91 Å². The average Bonchev–Trinajstić information content (AvgIpc) is 3.02. The maximum Gasteiger partial charge on any atom is 0.222 e. The summed E-state index contributed by atoms with van der Waals surface area (Å²) in [6, 6.07) is 0.559. The number of hydrogen-bond acceptors (Lipinski definition) is 2. The van der Waals surface area contributed by atoms with Crippen LogP contribution < -0.4 is 5.73 Å². The van der Waals surface area contributed by atoms with Crippen molar-refractivity contribution in [3.05, 3.63) is 0 Å². The molecule has 0 heterocycles. The second kappa shape index (κ2) is 6.89. The van der Waals surface area contributed by atoms with Crippen LogP contribution in [0.4, 0.5) is 0 Å². The topological polar surface area (TPSA) is 46.3 Å². The molecule has 0 aliphatic heterocycles. The van der Waals surface area contributed by atoms with Gasteiger partial charge in [-0.3, -0.25) is 4.79 Å². The first-order valence-electron chi connectivity index (χ1n) is 6.64. The molecule has 0 aromatic carbocycles. The number of nitrogens with zero attached hydrogens (tertiary/aromatic N) is 1. The van der Waals surface area contributed by atoms with E-state index in [1.54, 1.807) is 0 Å². The van der Waals surface area contributed by atoms with Crippen molar-refractivity contribution in [3.63, 3.8) is 0 Å². The van der Waals surface area contributed by atoms with E-state index in [4.69, 9.17) is 5.73 Å². The van der Waals surface area contributed by atoms with Crippen LogP contribution in [-0.2, 0) is 4.79 Å². The van der Waals surface area contributed by atoms with Gasteiger partial charge < -0.3 is 10.6 Å². The molecule has 1 fully saturated rings. The Kier molecular flexibility index (Phi) is 5.81. The molecule has 1 aliphatic rings. The first kappa shape index (κ1) is 13.5. The Bertz CT molecular complexity index is 212. The van der Waals surface area contributed by atoms with Gasteiger partial charge in [-0.2, -0.15) is 0 Å². The SMILES string of the molecule is CC(C)CCN(C(=O)CCCCN)C1CC1. The zero-order valence-corrected chi connectivity index (χ0v) is 10.7. The van der Waals surface area contributed by atoms with Gasteiger partial charge in [0.15, 0.2) is 0 Å². The van der Waals surface area contributed by atoms with Crippen LogP contribution in [0.2, 0.25) is 0 Å². The van der Waals surface area contributed by atoms with Gasteiger partial charge >= 0.3 is 0 Å². The molecule has 1 aliphatic carbocycles. The van der Waals surface area contributed by atoms with Crippen molar-refractivity contribution in [1.82, 2.24) is 4.90 Å². The standard InChI is InChI=1S/C13H26N2O/c1-11(2)8-10-15(12-6-7-12)13(16)5-3-4-9-14/h11-12H,3-10,14H2,1-2H3. The Labute approximate surface area is 99.4 Å². The summed E-state index contributed by atoms with van der Waals surface area (Å²) in [6.45, 7) is 6.07. The normalized spacial score (nSPS) is 15.5. The minimum atomic E-state index is 0.344. The Morgan fingerprint density at radius 1 is 1.38 bits per heavy atom. The van der Waals surface area contributed by atoms with Crippen molar-refractivity contribution in [3.8, 4) is 0 Å². The molecule has 0 unspecified atom stereocenters. The van der Waals surface area contributed by atoms with Crippen LogP contribution in [0, 0.1) is 5.92 Å². The summed E-state index contributed by atoms with van der Waals surface area (Å²) < 4.78 is 0. The van der Waals surface area contributed by atoms with Crippen LogP contribution >= 0.6 is 0 Å². The van der Waals surface area contributed by atoms with Crippen LogP contribution in [0.15, 0.2) is 0 Å². The van der Waals surface area contributed by atoms with E-state index >= 15 is 0 Å². The monoisotopic (exact) mass is 226 g/mol. The van der Waals surface area contributed by atoms with Crippen LogP contribution in [0.5, 0.6) is 0 Å². The molecular formula is C13H26N2O. The summed E-state index contributed by atoms with van der Waals surface area (Å²) in [6.07, 6.45) is 6.14. The minimum absolute atomic E-state index is 0.344. The molecule has 0 spiro atoms. The van der Waals surface area contributed by atoms with Crippen molar-refractivity contribution < 1.29 is 4.79 Å². The molecule has 1 saturated carbocycles. The first-order valence-corrected chi connectivity index (χ1v) is 6.64.